The summed E-state index contributed by atoms with van der Waals surface area (Å²) in [6, 6.07) is 5.42. The first-order valence-electron chi connectivity index (χ1n) is 7.73. The predicted molar refractivity (Wildman–Crippen MR) is 92.1 cm³/mol. The van der Waals surface area contributed by atoms with Crippen LogP contribution in [0.1, 0.15) is 24.3 Å². The molecule has 0 aliphatic carbocycles. The smallest absolute Gasteiger partial charge is 0.274 e. The molecule has 7 nitrogen and oxygen atoms in total. The second-order valence-electron chi connectivity index (χ2n) is 4.96. The number of methoxy groups -OCH3 is 2. The summed E-state index contributed by atoms with van der Waals surface area (Å²) in [5.74, 6) is 1.72. The summed E-state index contributed by atoms with van der Waals surface area (Å²) >= 11 is 0. The molecule has 0 aliphatic rings. The van der Waals surface area contributed by atoms with Crippen molar-refractivity contribution >= 4 is 17.4 Å². The van der Waals surface area contributed by atoms with Crippen molar-refractivity contribution in [3.8, 4) is 11.5 Å². The van der Waals surface area contributed by atoms with E-state index in [1.165, 1.54) is 12.4 Å². The average Bonchev–Trinajstić information content (AvgIpc) is 2.63. The first kappa shape index (κ1) is 17.5. The lowest BCUT2D eigenvalue weighted by molar-refractivity contribution is 0.0766. The van der Waals surface area contributed by atoms with Gasteiger partial charge in [-0.25, -0.2) is 9.97 Å². The molecule has 1 heterocycles. The van der Waals surface area contributed by atoms with Crippen molar-refractivity contribution in [2.24, 2.45) is 0 Å². The summed E-state index contributed by atoms with van der Waals surface area (Å²) in [4.78, 5) is 22.4. The molecule has 1 aromatic heterocycles. The van der Waals surface area contributed by atoms with Gasteiger partial charge in [-0.05, 0) is 26.0 Å². The minimum absolute atomic E-state index is 0.124. The molecular weight excluding hydrogens is 308 g/mol. The highest BCUT2D eigenvalue weighted by molar-refractivity contribution is 5.92. The molecule has 1 amide bonds. The van der Waals surface area contributed by atoms with E-state index < -0.39 is 0 Å². The number of hydrogen-bond acceptors (Lipinski definition) is 6. The van der Waals surface area contributed by atoms with Gasteiger partial charge in [-0.15, -0.1) is 0 Å². The normalized spacial score (nSPS) is 10.2. The zero-order chi connectivity index (χ0) is 17.5. The van der Waals surface area contributed by atoms with E-state index in [1.807, 2.05) is 26.0 Å². The van der Waals surface area contributed by atoms with Crippen molar-refractivity contribution in [2.45, 2.75) is 13.8 Å². The Hall–Kier alpha value is -2.83. The molecule has 0 spiro atoms. The van der Waals surface area contributed by atoms with E-state index in [-0.39, 0.29) is 5.91 Å². The van der Waals surface area contributed by atoms with Gasteiger partial charge in [0.2, 0.25) is 0 Å². The Labute approximate surface area is 141 Å². The van der Waals surface area contributed by atoms with Crippen LogP contribution in [0.15, 0.2) is 30.6 Å². The molecule has 128 valence electrons. The molecule has 24 heavy (non-hydrogen) atoms. The third-order valence-corrected chi connectivity index (χ3v) is 3.59. The minimum Gasteiger partial charge on any atom is -0.497 e. The number of nitrogens with one attached hydrogen (secondary N) is 1. The standard InChI is InChI=1S/C17H22N4O3/c1-5-21(6-2)17(22)14-10-19-16(11-18-14)20-13-8-7-12(23-3)9-15(13)24-4/h7-11H,5-6H2,1-4H3,(H,19,20). The van der Waals surface area contributed by atoms with Crippen molar-refractivity contribution in [3.63, 3.8) is 0 Å². The maximum Gasteiger partial charge on any atom is 0.274 e. The summed E-state index contributed by atoms with van der Waals surface area (Å²) in [7, 11) is 3.18. The first-order chi connectivity index (χ1) is 11.6. The largest absolute Gasteiger partial charge is 0.497 e. The lowest BCUT2D eigenvalue weighted by Crippen LogP contribution is -2.31. The number of amides is 1. The Kier molecular flexibility index (Phi) is 5.95. The first-order valence-corrected chi connectivity index (χ1v) is 7.73. The van der Waals surface area contributed by atoms with Gasteiger partial charge in [0.05, 0.1) is 32.3 Å². The SMILES string of the molecule is CCN(CC)C(=O)c1cnc(Nc2ccc(OC)cc2OC)cn1. The van der Waals surface area contributed by atoms with E-state index >= 15 is 0 Å². The molecule has 0 fully saturated rings. The summed E-state index contributed by atoms with van der Waals surface area (Å²) in [6.45, 7) is 5.14. The quantitative estimate of drug-likeness (QED) is 0.841. The molecule has 0 unspecified atom stereocenters. The average molecular weight is 330 g/mol. The number of aromatic nitrogens is 2. The van der Waals surface area contributed by atoms with Crippen molar-refractivity contribution in [2.75, 3.05) is 32.6 Å². The summed E-state index contributed by atoms with van der Waals surface area (Å²) in [5.41, 5.74) is 1.06. The van der Waals surface area contributed by atoms with E-state index in [1.54, 1.807) is 25.2 Å². The zero-order valence-corrected chi connectivity index (χ0v) is 14.4. The molecular formula is C17H22N4O3. The van der Waals surface area contributed by atoms with Crippen LogP contribution in [0.2, 0.25) is 0 Å². The topological polar surface area (TPSA) is 76.6 Å². The number of nitrogens with zero attached hydrogens (tertiary/aromatic N) is 3. The lowest BCUT2D eigenvalue weighted by atomic mass is 10.2. The number of carbonyl (C=O) groups is 1. The maximum atomic E-state index is 12.2. The van der Waals surface area contributed by atoms with E-state index in [0.29, 0.717) is 36.1 Å². The van der Waals surface area contributed by atoms with Gasteiger partial charge < -0.3 is 19.7 Å². The third-order valence-electron chi connectivity index (χ3n) is 3.59. The molecule has 0 bridgehead atoms. The maximum absolute atomic E-state index is 12.2. The Balaban J connectivity index is 2.16. The van der Waals surface area contributed by atoms with Gasteiger partial charge >= 0.3 is 0 Å². The molecule has 7 heteroatoms. The number of carbonyl (C=O) groups excluding carboxylic acids is 1. The molecule has 0 atom stereocenters. The van der Waals surface area contributed by atoms with Crippen LogP contribution in [-0.2, 0) is 0 Å². The number of rotatable bonds is 7. The van der Waals surface area contributed by atoms with Crippen LogP contribution in [0, 0.1) is 0 Å². The Bertz CT molecular complexity index is 685. The van der Waals surface area contributed by atoms with E-state index in [2.05, 4.69) is 15.3 Å². The van der Waals surface area contributed by atoms with Gasteiger partial charge in [0.15, 0.2) is 0 Å². The van der Waals surface area contributed by atoms with Gasteiger partial charge in [0.1, 0.15) is 23.0 Å². The van der Waals surface area contributed by atoms with Crippen molar-refractivity contribution < 1.29 is 14.3 Å². The summed E-state index contributed by atoms with van der Waals surface area (Å²) < 4.78 is 10.5. The zero-order valence-electron chi connectivity index (χ0n) is 14.4. The fourth-order valence-corrected chi connectivity index (χ4v) is 2.22. The fraction of sp³-hybridized carbons (Fsp3) is 0.353. The van der Waals surface area contributed by atoms with Crippen molar-refractivity contribution in [1.29, 1.82) is 0 Å². The van der Waals surface area contributed by atoms with Gasteiger partial charge in [0, 0.05) is 19.2 Å². The van der Waals surface area contributed by atoms with Gasteiger partial charge in [0.25, 0.3) is 5.91 Å². The highest BCUT2D eigenvalue weighted by Gasteiger charge is 2.14. The van der Waals surface area contributed by atoms with Crippen LogP contribution in [0.5, 0.6) is 11.5 Å². The molecule has 0 saturated carbocycles. The minimum atomic E-state index is -0.124. The number of hydrogen-bond donors (Lipinski definition) is 1. The summed E-state index contributed by atoms with van der Waals surface area (Å²) in [6.07, 6.45) is 3.00. The van der Waals surface area contributed by atoms with Gasteiger partial charge in [-0.2, -0.15) is 0 Å². The number of ether oxygens (including phenoxy) is 2. The molecule has 0 saturated heterocycles. The van der Waals surface area contributed by atoms with Crippen LogP contribution in [-0.4, -0.2) is 48.1 Å². The number of anilines is 2. The van der Waals surface area contributed by atoms with Gasteiger partial charge in [-0.1, -0.05) is 0 Å². The second-order valence-corrected chi connectivity index (χ2v) is 4.96. The number of benzene rings is 1. The highest BCUT2D eigenvalue weighted by atomic mass is 16.5. The molecule has 2 aromatic rings. The van der Waals surface area contributed by atoms with Crippen LogP contribution in [0.4, 0.5) is 11.5 Å². The third kappa shape index (κ3) is 3.92. The van der Waals surface area contributed by atoms with Gasteiger partial charge in [-0.3, -0.25) is 4.79 Å². The fourth-order valence-electron chi connectivity index (χ4n) is 2.22. The van der Waals surface area contributed by atoms with Crippen LogP contribution >= 0.6 is 0 Å². The van der Waals surface area contributed by atoms with Crippen LogP contribution in [0.25, 0.3) is 0 Å². The Morgan fingerprint density at radius 2 is 1.88 bits per heavy atom. The summed E-state index contributed by atoms with van der Waals surface area (Å²) in [5, 5.41) is 3.12. The van der Waals surface area contributed by atoms with E-state index in [4.69, 9.17) is 9.47 Å². The lowest BCUT2D eigenvalue weighted by Gasteiger charge is -2.17. The monoisotopic (exact) mass is 330 g/mol. The molecule has 2 rings (SSSR count). The van der Waals surface area contributed by atoms with Crippen molar-refractivity contribution in [1.82, 2.24) is 14.9 Å². The van der Waals surface area contributed by atoms with Crippen molar-refractivity contribution in [3.05, 3.63) is 36.3 Å². The predicted octanol–water partition coefficient (Wildman–Crippen LogP) is 2.72. The Morgan fingerprint density at radius 3 is 2.42 bits per heavy atom. The molecule has 0 radical (unpaired) electrons. The van der Waals surface area contributed by atoms with Crippen LogP contribution < -0.4 is 14.8 Å². The second kappa shape index (κ2) is 8.14. The van der Waals surface area contributed by atoms with E-state index in [9.17, 15) is 4.79 Å². The highest BCUT2D eigenvalue weighted by Crippen LogP contribution is 2.30. The molecule has 1 aromatic carbocycles. The molecule has 0 aliphatic heterocycles. The van der Waals surface area contributed by atoms with Crippen LogP contribution in [0.3, 0.4) is 0 Å². The Morgan fingerprint density at radius 1 is 1.12 bits per heavy atom. The molecule has 1 N–H and O–H groups in total. The van der Waals surface area contributed by atoms with E-state index in [0.717, 1.165) is 5.69 Å².